The van der Waals surface area contributed by atoms with Crippen LogP contribution in [0.4, 0.5) is 0 Å². The van der Waals surface area contributed by atoms with Crippen LogP contribution in [0.15, 0.2) is 53.5 Å². The van der Waals surface area contributed by atoms with E-state index in [0.29, 0.717) is 12.6 Å². The normalized spacial score (nSPS) is 12.1. The number of methoxy groups -OCH3 is 2. The monoisotopic (exact) mass is 526 g/mol. The van der Waals surface area contributed by atoms with Crippen LogP contribution in [0.1, 0.15) is 24.5 Å². The van der Waals surface area contributed by atoms with Crippen LogP contribution in [0.3, 0.4) is 0 Å². The number of hydrogen-bond acceptors (Lipinski definition) is 4. The van der Waals surface area contributed by atoms with E-state index in [-0.39, 0.29) is 24.0 Å². The Labute approximate surface area is 198 Å². The van der Waals surface area contributed by atoms with Crippen molar-refractivity contribution in [3.05, 3.63) is 59.7 Å². The first-order valence-corrected chi connectivity index (χ1v) is 9.97. The largest absolute Gasteiger partial charge is 0.493 e. The lowest BCUT2D eigenvalue weighted by molar-refractivity contribution is 0.238. The minimum absolute atomic E-state index is 0. The molecule has 0 saturated heterocycles. The summed E-state index contributed by atoms with van der Waals surface area (Å²) in [6.45, 7) is 4.64. The van der Waals surface area contributed by atoms with Crippen LogP contribution in [-0.2, 0) is 13.1 Å². The molecule has 2 aromatic carbocycles. The molecule has 0 heterocycles. The van der Waals surface area contributed by atoms with Gasteiger partial charge in [-0.2, -0.15) is 0 Å². The van der Waals surface area contributed by atoms with Gasteiger partial charge in [0.25, 0.3) is 0 Å². The maximum absolute atomic E-state index is 5.49. The molecule has 1 atom stereocenters. The van der Waals surface area contributed by atoms with Crippen LogP contribution < -0.4 is 20.1 Å². The molecular formula is C23H35IN4O2. The number of guanidine groups is 1. The van der Waals surface area contributed by atoms with Gasteiger partial charge in [-0.15, -0.1) is 24.0 Å². The molecule has 1 unspecified atom stereocenters. The molecule has 0 bridgehead atoms. The molecule has 0 amide bonds. The van der Waals surface area contributed by atoms with Crippen LogP contribution in [0.5, 0.6) is 11.5 Å². The van der Waals surface area contributed by atoms with Crippen molar-refractivity contribution in [2.24, 2.45) is 4.99 Å². The van der Waals surface area contributed by atoms with Crippen LogP contribution in [-0.4, -0.2) is 51.8 Å². The highest BCUT2D eigenvalue weighted by molar-refractivity contribution is 14.0. The third-order valence-electron chi connectivity index (χ3n) is 5.04. The average molecular weight is 526 g/mol. The van der Waals surface area contributed by atoms with Gasteiger partial charge in [-0.25, -0.2) is 0 Å². The van der Waals surface area contributed by atoms with E-state index >= 15 is 0 Å². The van der Waals surface area contributed by atoms with Crippen LogP contribution in [0.25, 0.3) is 0 Å². The first-order chi connectivity index (χ1) is 14.1. The van der Waals surface area contributed by atoms with Gasteiger partial charge >= 0.3 is 0 Å². The van der Waals surface area contributed by atoms with Gasteiger partial charge in [0.2, 0.25) is 0 Å². The fraction of sp³-hybridized carbons (Fsp3) is 0.435. The Morgan fingerprint density at radius 3 is 2.40 bits per heavy atom. The van der Waals surface area contributed by atoms with Gasteiger partial charge in [0.1, 0.15) is 0 Å². The summed E-state index contributed by atoms with van der Waals surface area (Å²) in [5.74, 6) is 2.24. The van der Waals surface area contributed by atoms with Gasteiger partial charge in [-0.05, 0) is 32.0 Å². The Bertz CT molecular complexity index is 771. The minimum Gasteiger partial charge on any atom is -0.493 e. The highest BCUT2D eigenvalue weighted by Gasteiger charge is 2.11. The number of hydrogen-bond donors (Lipinski definition) is 2. The van der Waals surface area contributed by atoms with Crippen molar-refractivity contribution in [2.75, 3.05) is 34.9 Å². The first-order valence-electron chi connectivity index (χ1n) is 9.97. The molecule has 30 heavy (non-hydrogen) atoms. The number of nitrogens with one attached hydrogen (secondary N) is 2. The predicted molar refractivity (Wildman–Crippen MR) is 135 cm³/mol. The summed E-state index contributed by atoms with van der Waals surface area (Å²) in [5, 5.41) is 6.74. The summed E-state index contributed by atoms with van der Waals surface area (Å²) in [4.78, 5) is 6.69. The van der Waals surface area contributed by atoms with Crippen LogP contribution >= 0.6 is 24.0 Å². The van der Waals surface area contributed by atoms with Gasteiger partial charge in [0, 0.05) is 38.3 Å². The van der Waals surface area contributed by atoms with Crippen molar-refractivity contribution in [3.8, 4) is 11.5 Å². The van der Waals surface area contributed by atoms with E-state index < -0.39 is 0 Å². The maximum atomic E-state index is 5.49. The molecule has 2 aromatic rings. The Balaban J connectivity index is 0.00000450. The number of para-hydroxylation sites is 1. The standard InChI is InChI=1S/C23H34N4O2.HI/c1-18(27(3)17-19-10-7-6-8-11-19)14-15-25-23(24-2)26-16-20-12-9-13-21(28-4)22(20)29-5;/h6-13,18H,14-17H2,1-5H3,(H2,24,25,26);1H. The molecule has 0 aliphatic heterocycles. The summed E-state index contributed by atoms with van der Waals surface area (Å²) in [6.07, 6.45) is 1.02. The zero-order valence-electron chi connectivity index (χ0n) is 18.6. The van der Waals surface area contributed by atoms with Crippen molar-refractivity contribution < 1.29 is 9.47 Å². The average Bonchev–Trinajstić information content (AvgIpc) is 2.76. The number of nitrogens with zero attached hydrogens (tertiary/aromatic N) is 2. The Kier molecular flexibility index (Phi) is 12.2. The lowest BCUT2D eigenvalue weighted by Gasteiger charge is -2.25. The van der Waals surface area contributed by atoms with Crippen molar-refractivity contribution in [1.29, 1.82) is 0 Å². The van der Waals surface area contributed by atoms with E-state index in [9.17, 15) is 0 Å². The topological polar surface area (TPSA) is 58.1 Å². The molecule has 2 N–H and O–H groups in total. The molecule has 0 spiro atoms. The minimum atomic E-state index is 0. The number of benzene rings is 2. The third kappa shape index (κ3) is 8.02. The lowest BCUT2D eigenvalue weighted by atomic mass is 10.1. The predicted octanol–water partition coefficient (Wildman–Crippen LogP) is 3.90. The van der Waals surface area contributed by atoms with E-state index in [0.717, 1.165) is 42.5 Å². The van der Waals surface area contributed by atoms with Crippen LogP contribution in [0.2, 0.25) is 0 Å². The second-order valence-electron chi connectivity index (χ2n) is 7.04. The van der Waals surface area contributed by atoms with Gasteiger partial charge in [0.15, 0.2) is 17.5 Å². The molecule has 166 valence electrons. The Morgan fingerprint density at radius 1 is 1.03 bits per heavy atom. The molecule has 0 saturated carbocycles. The van der Waals surface area contributed by atoms with Crippen molar-refractivity contribution in [1.82, 2.24) is 15.5 Å². The van der Waals surface area contributed by atoms with E-state index in [2.05, 4.69) is 64.8 Å². The second-order valence-corrected chi connectivity index (χ2v) is 7.04. The zero-order valence-corrected chi connectivity index (χ0v) is 21.0. The summed E-state index contributed by atoms with van der Waals surface area (Å²) in [7, 11) is 7.25. The molecule has 0 aliphatic rings. The summed E-state index contributed by atoms with van der Waals surface area (Å²) >= 11 is 0. The highest BCUT2D eigenvalue weighted by Crippen LogP contribution is 2.30. The molecule has 0 fully saturated rings. The quantitative estimate of drug-likeness (QED) is 0.280. The lowest BCUT2D eigenvalue weighted by Crippen LogP contribution is -2.39. The van der Waals surface area contributed by atoms with Crippen molar-refractivity contribution in [3.63, 3.8) is 0 Å². The first kappa shape index (κ1) is 26.0. The SMILES string of the molecule is CN=C(NCCC(C)N(C)Cc1ccccc1)NCc1cccc(OC)c1OC.I. The van der Waals surface area contributed by atoms with E-state index in [1.54, 1.807) is 21.3 Å². The highest BCUT2D eigenvalue weighted by atomic mass is 127. The molecule has 7 heteroatoms. The maximum Gasteiger partial charge on any atom is 0.191 e. The molecule has 0 radical (unpaired) electrons. The summed E-state index contributed by atoms with van der Waals surface area (Å²) in [5.41, 5.74) is 2.35. The molecule has 0 aromatic heterocycles. The third-order valence-corrected chi connectivity index (χ3v) is 5.04. The molecule has 0 aliphatic carbocycles. The summed E-state index contributed by atoms with van der Waals surface area (Å²) in [6, 6.07) is 16.9. The fourth-order valence-corrected chi connectivity index (χ4v) is 3.14. The fourth-order valence-electron chi connectivity index (χ4n) is 3.14. The smallest absolute Gasteiger partial charge is 0.191 e. The number of ether oxygens (including phenoxy) is 2. The molecule has 2 rings (SSSR count). The van der Waals surface area contributed by atoms with Gasteiger partial charge in [-0.1, -0.05) is 42.5 Å². The van der Waals surface area contributed by atoms with Gasteiger partial charge in [-0.3, -0.25) is 9.89 Å². The Hall–Kier alpha value is -2.00. The van der Waals surface area contributed by atoms with E-state index in [4.69, 9.17) is 9.47 Å². The summed E-state index contributed by atoms with van der Waals surface area (Å²) < 4.78 is 10.9. The van der Waals surface area contributed by atoms with Crippen molar-refractivity contribution in [2.45, 2.75) is 32.5 Å². The number of halogens is 1. The van der Waals surface area contributed by atoms with E-state index in [1.807, 2.05) is 18.2 Å². The van der Waals surface area contributed by atoms with Crippen molar-refractivity contribution >= 4 is 29.9 Å². The molecule has 6 nitrogen and oxygen atoms in total. The van der Waals surface area contributed by atoms with Gasteiger partial charge in [0.05, 0.1) is 14.2 Å². The zero-order chi connectivity index (χ0) is 21.1. The van der Waals surface area contributed by atoms with Gasteiger partial charge < -0.3 is 20.1 Å². The number of aliphatic imine (C=N–C) groups is 1. The Morgan fingerprint density at radius 2 is 1.77 bits per heavy atom. The number of rotatable bonds is 10. The second kappa shape index (κ2) is 14.1. The molecular weight excluding hydrogens is 491 g/mol. The van der Waals surface area contributed by atoms with Crippen LogP contribution in [0, 0.1) is 0 Å². The van der Waals surface area contributed by atoms with E-state index in [1.165, 1.54) is 5.56 Å².